The fraction of sp³-hybridized carbons (Fsp3) is 0.579. The molecule has 0 N–H and O–H groups in total. The van der Waals surface area contributed by atoms with Gasteiger partial charge in [0.15, 0.2) is 0 Å². The predicted octanol–water partition coefficient (Wildman–Crippen LogP) is 3.19. The topological polar surface area (TPSA) is 47.5 Å². The van der Waals surface area contributed by atoms with Crippen LogP contribution in [-0.4, -0.2) is 46.3 Å². The van der Waals surface area contributed by atoms with Gasteiger partial charge in [0.2, 0.25) is 0 Å². The highest BCUT2D eigenvalue weighted by Crippen LogP contribution is 2.37. The van der Waals surface area contributed by atoms with Crippen molar-refractivity contribution in [2.75, 3.05) is 19.7 Å². The number of thiazole rings is 1. The van der Waals surface area contributed by atoms with E-state index in [9.17, 15) is 0 Å². The summed E-state index contributed by atoms with van der Waals surface area (Å²) >= 11 is 1.68. The predicted molar refractivity (Wildman–Crippen MR) is 97.5 cm³/mol. The van der Waals surface area contributed by atoms with Crippen LogP contribution in [0.15, 0.2) is 29.8 Å². The van der Waals surface area contributed by atoms with Crippen LogP contribution in [0.4, 0.5) is 0 Å². The van der Waals surface area contributed by atoms with E-state index in [1.165, 1.54) is 0 Å². The van der Waals surface area contributed by atoms with Crippen LogP contribution in [-0.2, 0) is 22.6 Å². The largest absolute Gasteiger partial charge is 0.372 e. The van der Waals surface area contributed by atoms with E-state index in [0.717, 1.165) is 55.3 Å². The first-order valence-corrected chi connectivity index (χ1v) is 9.88. The van der Waals surface area contributed by atoms with Crippen LogP contribution in [0.25, 0.3) is 0 Å². The lowest BCUT2D eigenvalue weighted by atomic mass is 9.88. The Bertz CT molecular complexity index is 683. The molecule has 2 saturated heterocycles. The quantitative estimate of drug-likeness (QED) is 0.820. The minimum absolute atomic E-state index is 0.0171. The normalized spacial score (nSPS) is 23.3. The van der Waals surface area contributed by atoms with E-state index in [4.69, 9.17) is 9.47 Å². The van der Waals surface area contributed by atoms with Crippen molar-refractivity contribution in [3.8, 4) is 0 Å². The van der Waals surface area contributed by atoms with Gasteiger partial charge in [-0.05, 0) is 31.9 Å². The van der Waals surface area contributed by atoms with E-state index in [0.29, 0.717) is 13.2 Å². The minimum atomic E-state index is 0.0171. The molecule has 0 aromatic carbocycles. The molecule has 2 aromatic rings. The Morgan fingerprint density at radius 1 is 1.32 bits per heavy atom. The van der Waals surface area contributed by atoms with Crippen LogP contribution >= 0.6 is 11.3 Å². The molecule has 5 nitrogen and oxygen atoms in total. The highest BCUT2D eigenvalue weighted by Gasteiger charge is 2.43. The Kier molecular flexibility index (Phi) is 5.12. The molecule has 4 heterocycles. The number of rotatable bonds is 5. The second-order valence-electron chi connectivity index (χ2n) is 7.09. The van der Waals surface area contributed by atoms with Crippen LogP contribution in [0.3, 0.4) is 0 Å². The Morgan fingerprint density at radius 3 is 2.92 bits per heavy atom. The summed E-state index contributed by atoms with van der Waals surface area (Å²) in [5.74, 6) is 0. The van der Waals surface area contributed by atoms with Crippen LogP contribution in [0.1, 0.15) is 35.7 Å². The molecule has 2 aromatic heterocycles. The molecule has 0 radical (unpaired) electrons. The molecule has 0 amide bonds. The number of nitrogens with zero attached hydrogens (tertiary/aromatic N) is 3. The van der Waals surface area contributed by atoms with Crippen molar-refractivity contribution in [1.82, 2.24) is 14.9 Å². The highest BCUT2D eigenvalue weighted by atomic mass is 32.1. The molecule has 1 unspecified atom stereocenters. The fourth-order valence-electron chi connectivity index (χ4n) is 3.78. The average molecular weight is 359 g/mol. The van der Waals surface area contributed by atoms with Gasteiger partial charge in [-0.15, -0.1) is 11.3 Å². The number of ether oxygens (including phenoxy) is 2. The van der Waals surface area contributed by atoms with Crippen LogP contribution in [0.5, 0.6) is 0 Å². The summed E-state index contributed by atoms with van der Waals surface area (Å²) in [7, 11) is 0. The zero-order chi connectivity index (χ0) is 17.1. The molecule has 6 heteroatoms. The molecule has 2 aliphatic heterocycles. The first-order chi connectivity index (χ1) is 12.2. The SMILES string of the molecule is Cc1nc(COC2COC3(CCN(Cc4ccccn4)CC3)C2)cs1. The first kappa shape index (κ1) is 17.1. The summed E-state index contributed by atoms with van der Waals surface area (Å²) < 4.78 is 12.2. The molecule has 25 heavy (non-hydrogen) atoms. The lowest BCUT2D eigenvalue weighted by Crippen LogP contribution is -2.44. The Labute approximate surface area is 153 Å². The molecule has 4 rings (SSSR count). The number of pyridine rings is 1. The molecule has 1 atom stereocenters. The Balaban J connectivity index is 1.24. The van der Waals surface area contributed by atoms with Crippen molar-refractivity contribution in [2.45, 2.75) is 51.0 Å². The van der Waals surface area contributed by atoms with Gasteiger partial charge < -0.3 is 9.47 Å². The molecule has 1 spiro atoms. The van der Waals surface area contributed by atoms with Crippen molar-refractivity contribution in [2.24, 2.45) is 0 Å². The summed E-state index contributed by atoms with van der Waals surface area (Å²) in [6.07, 6.45) is 5.23. The Morgan fingerprint density at radius 2 is 2.20 bits per heavy atom. The van der Waals surface area contributed by atoms with Gasteiger partial charge in [0.1, 0.15) is 0 Å². The van der Waals surface area contributed by atoms with Crippen molar-refractivity contribution in [1.29, 1.82) is 0 Å². The standard InChI is InChI=1S/C19H25N3O2S/c1-15-21-17(14-25-15)12-23-18-10-19(24-13-18)5-8-22(9-6-19)11-16-4-2-3-7-20-16/h2-4,7,14,18H,5-6,8-13H2,1H3. The second kappa shape index (κ2) is 7.50. The van der Waals surface area contributed by atoms with Crippen LogP contribution in [0.2, 0.25) is 0 Å². The van der Waals surface area contributed by atoms with Gasteiger partial charge >= 0.3 is 0 Å². The van der Waals surface area contributed by atoms with Crippen molar-refractivity contribution in [3.63, 3.8) is 0 Å². The molecule has 2 aliphatic rings. The molecular formula is C19H25N3O2S. The van der Waals surface area contributed by atoms with E-state index in [2.05, 4.69) is 32.4 Å². The first-order valence-electron chi connectivity index (χ1n) is 9.00. The highest BCUT2D eigenvalue weighted by molar-refractivity contribution is 7.09. The van der Waals surface area contributed by atoms with Gasteiger partial charge in [0.05, 0.1) is 41.3 Å². The summed E-state index contributed by atoms with van der Waals surface area (Å²) in [5, 5.41) is 3.18. The minimum Gasteiger partial charge on any atom is -0.372 e. The zero-order valence-corrected chi connectivity index (χ0v) is 15.5. The monoisotopic (exact) mass is 359 g/mol. The van der Waals surface area contributed by atoms with Gasteiger partial charge in [-0.1, -0.05) is 6.07 Å². The van der Waals surface area contributed by atoms with Gasteiger partial charge in [0.25, 0.3) is 0 Å². The number of hydrogen-bond donors (Lipinski definition) is 0. The van der Waals surface area contributed by atoms with Crippen molar-refractivity contribution >= 4 is 11.3 Å². The maximum Gasteiger partial charge on any atom is 0.0901 e. The summed E-state index contributed by atoms with van der Waals surface area (Å²) in [5.41, 5.74) is 2.20. The molecule has 2 fully saturated rings. The van der Waals surface area contributed by atoms with Crippen molar-refractivity contribution in [3.05, 3.63) is 46.2 Å². The van der Waals surface area contributed by atoms with Crippen LogP contribution < -0.4 is 0 Å². The number of aromatic nitrogens is 2. The molecular weight excluding hydrogens is 334 g/mol. The number of likely N-dealkylation sites (tertiary alicyclic amines) is 1. The molecule has 0 saturated carbocycles. The number of aryl methyl sites for hydroxylation is 1. The maximum atomic E-state index is 6.20. The third kappa shape index (κ3) is 4.26. The second-order valence-corrected chi connectivity index (χ2v) is 8.15. The molecule has 134 valence electrons. The third-order valence-corrected chi connectivity index (χ3v) is 6.01. The summed E-state index contributed by atoms with van der Waals surface area (Å²) in [6.45, 7) is 6.40. The smallest absolute Gasteiger partial charge is 0.0901 e. The van der Waals surface area contributed by atoms with Crippen molar-refractivity contribution < 1.29 is 9.47 Å². The maximum absolute atomic E-state index is 6.20. The third-order valence-electron chi connectivity index (χ3n) is 5.19. The molecule has 0 aliphatic carbocycles. The Hall–Kier alpha value is -1.34. The lowest BCUT2D eigenvalue weighted by molar-refractivity contribution is -0.0470. The van der Waals surface area contributed by atoms with E-state index in [1.54, 1.807) is 11.3 Å². The van der Waals surface area contributed by atoms with Gasteiger partial charge in [-0.25, -0.2) is 4.98 Å². The number of hydrogen-bond acceptors (Lipinski definition) is 6. The summed E-state index contributed by atoms with van der Waals surface area (Å²) in [4.78, 5) is 11.4. The van der Waals surface area contributed by atoms with E-state index < -0.39 is 0 Å². The van der Waals surface area contributed by atoms with E-state index in [1.807, 2.05) is 19.2 Å². The average Bonchev–Trinajstić information content (AvgIpc) is 3.23. The summed E-state index contributed by atoms with van der Waals surface area (Å²) in [6, 6.07) is 6.12. The van der Waals surface area contributed by atoms with E-state index in [-0.39, 0.29) is 11.7 Å². The van der Waals surface area contributed by atoms with E-state index >= 15 is 0 Å². The fourth-order valence-corrected chi connectivity index (χ4v) is 4.37. The zero-order valence-electron chi connectivity index (χ0n) is 14.7. The lowest BCUT2D eigenvalue weighted by Gasteiger charge is -2.38. The molecule has 0 bridgehead atoms. The van der Waals surface area contributed by atoms with Gasteiger partial charge in [-0.2, -0.15) is 0 Å². The number of piperidine rings is 1. The van der Waals surface area contributed by atoms with Crippen LogP contribution in [0, 0.1) is 6.92 Å². The van der Waals surface area contributed by atoms with Gasteiger partial charge in [0, 0.05) is 37.6 Å². The van der Waals surface area contributed by atoms with Gasteiger partial charge in [-0.3, -0.25) is 9.88 Å².